The Hall–Kier alpha value is -1.41. The van der Waals surface area contributed by atoms with Crippen LogP contribution in [0.1, 0.15) is 41.3 Å². The number of hydrogen-bond acceptors (Lipinski definition) is 3. The maximum Gasteiger partial charge on any atom is 0.417 e. The smallest absolute Gasteiger partial charge is 0.390 e. The van der Waals surface area contributed by atoms with Crippen LogP contribution in [0.5, 0.6) is 0 Å². The van der Waals surface area contributed by atoms with Gasteiger partial charge in [0, 0.05) is 16.1 Å². The molecule has 0 radical (unpaired) electrons. The first-order valence-corrected chi connectivity index (χ1v) is 7.36. The normalized spacial score (nSPS) is 27.9. The van der Waals surface area contributed by atoms with Gasteiger partial charge < -0.3 is 5.11 Å². The molecule has 1 amide bonds. The van der Waals surface area contributed by atoms with E-state index in [1.807, 2.05) is 0 Å². The van der Waals surface area contributed by atoms with Crippen molar-refractivity contribution in [2.24, 2.45) is 0 Å². The van der Waals surface area contributed by atoms with E-state index in [1.54, 1.807) is 6.92 Å². The molecule has 1 aliphatic heterocycles. The van der Waals surface area contributed by atoms with Gasteiger partial charge in [-0.05, 0) is 31.9 Å². The van der Waals surface area contributed by atoms with Crippen molar-refractivity contribution in [2.75, 3.05) is 0 Å². The summed E-state index contributed by atoms with van der Waals surface area (Å²) in [6.45, 7) is 1.60. The molecular weight excluding hydrogens is 365 g/mol. The number of hydrogen-bond donors (Lipinski definition) is 2. The molecule has 8 heteroatoms. The lowest BCUT2D eigenvalue weighted by atomic mass is 9.76. The minimum atomic E-state index is -4.65. The van der Waals surface area contributed by atoms with Crippen LogP contribution in [-0.2, 0) is 6.18 Å². The molecule has 22 heavy (non-hydrogen) atoms. The highest BCUT2D eigenvalue weighted by Gasteiger charge is 2.50. The third kappa shape index (κ3) is 2.25. The quantitative estimate of drug-likeness (QED) is 0.790. The largest absolute Gasteiger partial charge is 0.417 e. The Morgan fingerprint density at radius 3 is 2.50 bits per heavy atom. The lowest BCUT2D eigenvalue weighted by Crippen LogP contribution is -2.55. The van der Waals surface area contributed by atoms with Gasteiger partial charge in [0.05, 0.1) is 16.7 Å². The topological polar surface area (TPSA) is 64.4 Å². The molecule has 1 aromatic rings. The van der Waals surface area contributed by atoms with E-state index < -0.39 is 35.1 Å². The molecule has 4 nitrogen and oxygen atoms in total. The Kier molecular flexibility index (Phi) is 3.20. The second-order valence-corrected chi connectivity index (χ2v) is 6.87. The van der Waals surface area contributed by atoms with Gasteiger partial charge in [-0.1, -0.05) is 15.9 Å². The number of halogens is 4. The molecule has 2 N–H and O–H groups in total. The van der Waals surface area contributed by atoms with Gasteiger partial charge in [-0.25, -0.2) is 0 Å². The Labute approximate surface area is 132 Å². The van der Waals surface area contributed by atoms with E-state index in [1.165, 1.54) is 6.07 Å². The first-order chi connectivity index (χ1) is 10.0. The summed E-state index contributed by atoms with van der Waals surface area (Å²) in [7, 11) is 0. The molecule has 0 saturated heterocycles. The Balaban J connectivity index is 2.07. The third-order valence-corrected chi connectivity index (χ3v) is 4.51. The predicted molar refractivity (Wildman–Crippen MR) is 75.8 cm³/mol. The maximum absolute atomic E-state index is 13.2. The lowest BCUT2D eigenvalue weighted by Gasteiger charge is -2.45. The number of aliphatic hydroxyl groups is 1. The average molecular weight is 377 g/mol. The minimum absolute atomic E-state index is 0.127. The van der Waals surface area contributed by atoms with Crippen molar-refractivity contribution in [2.45, 2.75) is 37.6 Å². The van der Waals surface area contributed by atoms with Gasteiger partial charge in [-0.3, -0.25) is 15.1 Å². The maximum atomic E-state index is 13.2. The van der Waals surface area contributed by atoms with Crippen molar-refractivity contribution < 1.29 is 23.1 Å². The molecule has 0 atom stereocenters. The van der Waals surface area contributed by atoms with Gasteiger partial charge in [-0.15, -0.1) is 0 Å². The second-order valence-electron chi connectivity index (χ2n) is 5.96. The number of carbonyl (C=O) groups excluding carboxylic acids is 1. The first kappa shape index (κ1) is 15.5. The fraction of sp³-hybridized carbons (Fsp3) is 0.429. The van der Waals surface area contributed by atoms with Crippen LogP contribution in [0.3, 0.4) is 0 Å². The second kappa shape index (κ2) is 4.55. The molecule has 0 unspecified atom stereocenters. The summed E-state index contributed by atoms with van der Waals surface area (Å²) >= 11 is 2.98. The summed E-state index contributed by atoms with van der Waals surface area (Å²) in [6.07, 6.45) is -4.16. The van der Waals surface area contributed by atoms with Gasteiger partial charge in [0.2, 0.25) is 0 Å². The van der Waals surface area contributed by atoms with Crippen LogP contribution in [-0.4, -0.2) is 33.4 Å². The standard InChI is InChI=1S/C14H12BrF3N2O2/c1-13(22)4-7(5-13)20-11(19)10-8(12(20)21)2-6(15)3-9(10)14(16,17)18/h2-3,7,19,22H,4-5H2,1H3. The fourth-order valence-corrected chi connectivity index (χ4v) is 3.55. The summed E-state index contributed by atoms with van der Waals surface area (Å²) in [6, 6.07) is 1.74. The Bertz CT molecular complexity index is 692. The van der Waals surface area contributed by atoms with Crippen molar-refractivity contribution in [1.29, 1.82) is 5.41 Å². The molecule has 1 aromatic carbocycles. The summed E-state index contributed by atoms with van der Waals surface area (Å²) < 4.78 is 39.7. The van der Waals surface area contributed by atoms with Crippen LogP contribution in [0.25, 0.3) is 0 Å². The minimum Gasteiger partial charge on any atom is -0.390 e. The van der Waals surface area contributed by atoms with Crippen LogP contribution in [0.15, 0.2) is 16.6 Å². The van der Waals surface area contributed by atoms with Crippen molar-refractivity contribution >= 4 is 27.7 Å². The zero-order chi connectivity index (χ0) is 16.4. The molecule has 118 valence electrons. The summed E-state index contributed by atoms with van der Waals surface area (Å²) in [5.41, 5.74) is -2.44. The number of carbonyl (C=O) groups is 1. The number of benzene rings is 1. The molecule has 0 bridgehead atoms. The monoisotopic (exact) mass is 376 g/mol. The molecule has 0 spiro atoms. The van der Waals surface area contributed by atoms with E-state index in [0.29, 0.717) is 0 Å². The molecule has 3 rings (SSSR count). The first-order valence-electron chi connectivity index (χ1n) is 6.57. The van der Waals surface area contributed by atoms with Crippen LogP contribution in [0, 0.1) is 5.41 Å². The molecule has 1 saturated carbocycles. The summed E-state index contributed by atoms with van der Waals surface area (Å²) in [4.78, 5) is 13.5. The molecule has 2 aliphatic rings. The summed E-state index contributed by atoms with van der Waals surface area (Å²) in [5, 5.41) is 17.8. The number of fused-ring (bicyclic) bond motifs is 1. The lowest BCUT2D eigenvalue weighted by molar-refractivity contribution is -0.137. The van der Waals surface area contributed by atoms with E-state index in [0.717, 1.165) is 11.0 Å². The highest BCUT2D eigenvalue weighted by Crippen LogP contribution is 2.43. The molecular formula is C14H12BrF3N2O2. The number of nitrogens with zero attached hydrogens (tertiary/aromatic N) is 1. The Morgan fingerprint density at radius 2 is 2.00 bits per heavy atom. The highest BCUT2D eigenvalue weighted by molar-refractivity contribution is 9.10. The average Bonchev–Trinajstić information content (AvgIpc) is 2.57. The third-order valence-electron chi connectivity index (χ3n) is 4.05. The predicted octanol–water partition coefficient (Wildman–Crippen LogP) is 3.16. The number of rotatable bonds is 1. The fourth-order valence-electron chi connectivity index (χ4n) is 3.09. The van der Waals surface area contributed by atoms with Gasteiger partial charge >= 0.3 is 6.18 Å². The van der Waals surface area contributed by atoms with Crippen molar-refractivity contribution in [3.05, 3.63) is 33.3 Å². The van der Waals surface area contributed by atoms with E-state index in [2.05, 4.69) is 15.9 Å². The molecule has 0 aromatic heterocycles. The molecule has 1 fully saturated rings. The number of alkyl halides is 3. The van der Waals surface area contributed by atoms with Crippen LogP contribution < -0.4 is 0 Å². The van der Waals surface area contributed by atoms with Gasteiger partial charge in [0.25, 0.3) is 5.91 Å². The highest BCUT2D eigenvalue weighted by atomic mass is 79.9. The van der Waals surface area contributed by atoms with Crippen LogP contribution >= 0.6 is 15.9 Å². The number of nitrogens with one attached hydrogen (secondary N) is 1. The summed E-state index contributed by atoms with van der Waals surface area (Å²) in [5.74, 6) is -1.06. The van der Waals surface area contributed by atoms with E-state index >= 15 is 0 Å². The number of amides is 1. The van der Waals surface area contributed by atoms with E-state index in [9.17, 15) is 23.1 Å². The van der Waals surface area contributed by atoms with Crippen molar-refractivity contribution in [1.82, 2.24) is 4.90 Å². The zero-order valence-corrected chi connectivity index (χ0v) is 13.0. The van der Waals surface area contributed by atoms with Gasteiger partial charge in [0.15, 0.2) is 0 Å². The SMILES string of the molecule is CC1(O)CC(N2C(=N)c3c(cc(Br)cc3C(F)(F)F)C2=O)C1. The van der Waals surface area contributed by atoms with Crippen LogP contribution in [0.4, 0.5) is 13.2 Å². The van der Waals surface area contributed by atoms with Crippen molar-refractivity contribution in [3.63, 3.8) is 0 Å². The van der Waals surface area contributed by atoms with Gasteiger partial charge in [0.1, 0.15) is 5.84 Å². The van der Waals surface area contributed by atoms with E-state index in [4.69, 9.17) is 5.41 Å². The van der Waals surface area contributed by atoms with Crippen LogP contribution in [0.2, 0.25) is 0 Å². The van der Waals surface area contributed by atoms with E-state index in [-0.39, 0.29) is 28.4 Å². The molecule has 1 heterocycles. The van der Waals surface area contributed by atoms with Crippen molar-refractivity contribution in [3.8, 4) is 0 Å². The Morgan fingerprint density at radius 1 is 1.41 bits per heavy atom. The zero-order valence-electron chi connectivity index (χ0n) is 11.5. The number of amidine groups is 1. The molecule has 1 aliphatic carbocycles. The van der Waals surface area contributed by atoms with Gasteiger partial charge in [-0.2, -0.15) is 13.2 Å².